The topological polar surface area (TPSA) is 41.5 Å². The van der Waals surface area contributed by atoms with E-state index in [0.717, 1.165) is 11.3 Å². The maximum absolute atomic E-state index is 12.9. The molecule has 2 N–H and O–H groups in total. The number of halogens is 2. The number of benzene rings is 2. The van der Waals surface area contributed by atoms with Gasteiger partial charge in [0.05, 0.1) is 19.3 Å². The first-order chi connectivity index (χ1) is 10.1. The summed E-state index contributed by atoms with van der Waals surface area (Å²) in [4.78, 5) is 0. The molecule has 112 valence electrons. The van der Waals surface area contributed by atoms with Gasteiger partial charge in [0.15, 0.2) is 0 Å². The lowest BCUT2D eigenvalue weighted by molar-refractivity contribution is 0.0348. The van der Waals surface area contributed by atoms with E-state index in [-0.39, 0.29) is 12.4 Å². The molecule has 1 unspecified atom stereocenters. The maximum Gasteiger partial charge on any atom is 0.124 e. The highest BCUT2D eigenvalue weighted by atomic mass is 79.9. The van der Waals surface area contributed by atoms with Gasteiger partial charge in [0.25, 0.3) is 0 Å². The lowest BCUT2D eigenvalue weighted by atomic mass is 10.2. The molecule has 2 aromatic carbocycles. The normalized spacial score (nSPS) is 12.1. The van der Waals surface area contributed by atoms with Crippen molar-refractivity contribution in [3.63, 3.8) is 0 Å². The Morgan fingerprint density at radius 2 is 1.95 bits per heavy atom. The first-order valence-electron chi connectivity index (χ1n) is 6.64. The zero-order chi connectivity index (χ0) is 15.1. The van der Waals surface area contributed by atoms with Gasteiger partial charge >= 0.3 is 0 Å². The van der Waals surface area contributed by atoms with Crippen molar-refractivity contribution in [2.24, 2.45) is 0 Å². The Morgan fingerprint density at radius 1 is 1.19 bits per heavy atom. The number of aliphatic hydroxyl groups is 1. The van der Waals surface area contributed by atoms with Crippen LogP contribution in [0.2, 0.25) is 0 Å². The zero-order valence-electron chi connectivity index (χ0n) is 11.4. The van der Waals surface area contributed by atoms with E-state index in [1.165, 1.54) is 12.1 Å². The van der Waals surface area contributed by atoms with Crippen LogP contribution >= 0.6 is 15.9 Å². The van der Waals surface area contributed by atoms with E-state index < -0.39 is 6.10 Å². The minimum absolute atomic E-state index is 0.237. The molecule has 0 radical (unpaired) electrons. The molecule has 0 fully saturated rings. The van der Waals surface area contributed by atoms with Crippen molar-refractivity contribution in [1.82, 2.24) is 0 Å². The molecule has 0 aliphatic rings. The van der Waals surface area contributed by atoms with Crippen molar-refractivity contribution in [3.05, 3.63) is 64.4 Å². The smallest absolute Gasteiger partial charge is 0.124 e. The van der Waals surface area contributed by atoms with E-state index in [2.05, 4.69) is 21.2 Å². The van der Waals surface area contributed by atoms with Crippen LogP contribution in [0, 0.1) is 5.82 Å². The summed E-state index contributed by atoms with van der Waals surface area (Å²) >= 11 is 3.27. The van der Waals surface area contributed by atoms with Gasteiger partial charge in [0.1, 0.15) is 5.82 Å². The second-order valence-electron chi connectivity index (χ2n) is 4.66. The fraction of sp³-hybridized carbons (Fsp3) is 0.250. The summed E-state index contributed by atoms with van der Waals surface area (Å²) in [5.74, 6) is -0.306. The van der Waals surface area contributed by atoms with Gasteiger partial charge < -0.3 is 15.2 Å². The maximum atomic E-state index is 12.9. The van der Waals surface area contributed by atoms with E-state index in [0.29, 0.717) is 17.6 Å². The van der Waals surface area contributed by atoms with Gasteiger partial charge in [-0.1, -0.05) is 30.3 Å². The van der Waals surface area contributed by atoms with Crippen LogP contribution < -0.4 is 5.32 Å². The van der Waals surface area contributed by atoms with Crippen LogP contribution in [0.1, 0.15) is 5.56 Å². The summed E-state index contributed by atoms with van der Waals surface area (Å²) in [5.41, 5.74) is 1.80. The molecule has 0 aliphatic carbocycles. The van der Waals surface area contributed by atoms with Crippen molar-refractivity contribution < 1.29 is 14.2 Å². The molecule has 0 spiro atoms. The van der Waals surface area contributed by atoms with Crippen LogP contribution in [0.4, 0.5) is 10.1 Å². The molecule has 2 aromatic rings. The summed E-state index contributed by atoms with van der Waals surface area (Å²) < 4.78 is 19.0. The third kappa shape index (κ3) is 5.46. The molecule has 0 amide bonds. The predicted octanol–water partition coefficient (Wildman–Crippen LogP) is 3.58. The Bertz CT molecular complexity index is 565. The molecular formula is C16H17BrFNO2. The third-order valence-electron chi connectivity index (χ3n) is 2.88. The average Bonchev–Trinajstić information content (AvgIpc) is 2.47. The summed E-state index contributed by atoms with van der Waals surface area (Å²) in [7, 11) is 0. The first kappa shape index (κ1) is 15.9. The minimum atomic E-state index is -0.634. The highest BCUT2D eigenvalue weighted by Crippen LogP contribution is 2.22. The van der Waals surface area contributed by atoms with E-state index in [1.807, 2.05) is 30.3 Å². The Kier molecular flexibility index (Phi) is 6.17. The Hall–Kier alpha value is -1.43. The summed E-state index contributed by atoms with van der Waals surface area (Å²) in [6, 6.07) is 14.2. The van der Waals surface area contributed by atoms with Crippen molar-refractivity contribution >= 4 is 21.6 Å². The SMILES string of the molecule is OC(CNc1ccc(F)cc1Br)COCc1ccccc1. The standard InChI is InChI=1S/C16H17BrFNO2/c17-15-8-13(18)6-7-16(15)19-9-14(20)11-21-10-12-4-2-1-3-5-12/h1-8,14,19-20H,9-11H2. The molecule has 2 rings (SSSR count). The predicted molar refractivity (Wildman–Crippen MR) is 84.7 cm³/mol. The molecule has 21 heavy (non-hydrogen) atoms. The largest absolute Gasteiger partial charge is 0.389 e. The molecule has 0 saturated carbocycles. The van der Waals surface area contributed by atoms with Crippen LogP contribution in [0.25, 0.3) is 0 Å². The Balaban J connectivity index is 1.71. The minimum Gasteiger partial charge on any atom is -0.389 e. The number of anilines is 1. The van der Waals surface area contributed by atoms with Crippen molar-refractivity contribution in [2.45, 2.75) is 12.7 Å². The summed E-state index contributed by atoms with van der Waals surface area (Å²) in [5, 5.41) is 12.9. The summed E-state index contributed by atoms with van der Waals surface area (Å²) in [6.45, 7) is 1.04. The van der Waals surface area contributed by atoms with Gasteiger partial charge in [0.2, 0.25) is 0 Å². The van der Waals surface area contributed by atoms with E-state index in [1.54, 1.807) is 6.07 Å². The van der Waals surface area contributed by atoms with Crippen molar-refractivity contribution in [1.29, 1.82) is 0 Å². The lowest BCUT2D eigenvalue weighted by Crippen LogP contribution is -2.24. The van der Waals surface area contributed by atoms with Gasteiger partial charge in [-0.15, -0.1) is 0 Å². The molecule has 0 bridgehead atoms. The van der Waals surface area contributed by atoms with Crippen LogP contribution in [-0.2, 0) is 11.3 Å². The lowest BCUT2D eigenvalue weighted by Gasteiger charge is -2.14. The number of nitrogens with one attached hydrogen (secondary N) is 1. The van der Waals surface area contributed by atoms with Crippen LogP contribution in [0.5, 0.6) is 0 Å². The number of ether oxygens (including phenoxy) is 1. The van der Waals surface area contributed by atoms with Gasteiger partial charge in [0, 0.05) is 16.7 Å². The average molecular weight is 354 g/mol. The van der Waals surface area contributed by atoms with E-state index in [4.69, 9.17) is 4.74 Å². The van der Waals surface area contributed by atoms with Crippen LogP contribution in [-0.4, -0.2) is 24.4 Å². The molecule has 3 nitrogen and oxygen atoms in total. The highest BCUT2D eigenvalue weighted by Gasteiger charge is 2.06. The number of hydrogen-bond acceptors (Lipinski definition) is 3. The van der Waals surface area contributed by atoms with Gasteiger partial charge in [-0.3, -0.25) is 0 Å². The number of aliphatic hydroxyl groups excluding tert-OH is 1. The second kappa shape index (κ2) is 8.12. The fourth-order valence-electron chi connectivity index (χ4n) is 1.81. The van der Waals surface area contributed by atoms with Crippen molar-refractivity contribution in [2.75, 3.05) is 18.5 Å². The molecule has 0 aromatic heterocycles. The van der Waals surface area contributed by atoms with E-state index in [9.17, 15) is 9.50 Å². The third-order valence-corrected chi connectivity index (χ3v) is 3.54. The molecule has 5 heteroatoms. The quantitative estimate of drug-likeness (QED) is 0.799. The zero-order valence-corrected chi connectivity index (χ0v) is 13.0. The molecular weight excluding hydrogens is 337 g/mol. The fourth-order valence-corrected chi connectivity index (χ4v) is 2.30. The molecule has 0 aliphatic heterocycles. The monoisotopic (exact) mass is 353 g/mol. The second-order valence-corrected chi connectivity index (χ2v) is 5.51. The van der Waals surface area contributed by atoms with Gasteiger partial charge in [-0.05, 0) is 39.7 Å². The van der Waals surface area contributed by atoms with Crippen molar-refractivity contribution in [3.8, 4) is 0 Å². The van der Waals surface area contributed by atoms with Crippen LogP contribution in [0.15, 0.2) is 53.0 Å². The first-order valence-corrected chi connectivity index (χ1v) is 7.43. The number of rotatable bonds is 7. The van der Waals surface area contributed by atoms with Gasteiger partial charge in [-0.25, -0.2) is 4.39 Å². The highest BCUT2D eigenvalue weighted by molar-refractivity contribution is 9.10. The van der Waals surface area contributed by atoms with E-state index >= 15 is 0 Å². The van der Waals surface area contributed by atoms with Crippen LogP contribution in [0.3, 0.4) is 0 Å². The molecule has 0 saturated heterocycles. The molecule has 0 heterocycles. The van der Waals surface area contributed by atoms with Gasteiger partial charge in [-0.2, -0.15) is 0 Å². The Labute approximate surface area is 131 Å². The molecule has 1 atom stereocenters. The summed E-state index contributed by atoms with van der Waals surface area (Å²) in [6.07, 6.45) is -0.634. The number of hydrogen-bond donors (Lipinski definition) is 2. The Morgan fingerprint density at radius 3 is 2.67 bits per heavy atom.